The molecule has 26 heavy (non-hydrogen) atoms. The van der Waals surface area contributed by atoms with E-state index in [1.165, 1.54) is 5.56 Å². The molecule has 2 atom stereocenters. The number of benzene rings is 1. The molecule has 3 rings (SSSR count). The topological polar surface area (TPSA) is 43.9 Å². The number of piperidine rings is 1. The number of amides is 2. The fourth-order valence-electron chi connectivity index (χ4n) is 3.98. The summed E-state index contributed by atoms with van der Waals surface area (Å²) in [5.41, 5.74) is 2.23. The summed E-state index contributed by atoms with van der Waals surface area (Å²) in [5.74, 6) is 0.319. The molecule has 0 aliphatic carbocycles. The van der Waals surface area contributed by atoms with Crippen molar-refractivity contribution in [2.75, 3.05) is 38.1 Å². The number of nitrogens with zero attached hydrogens (tertiary/aromatic N) is 3. The predicted octanol–water partition coefficient (Wildman–Crippen LogP) is 2.75. The Kier molecular flexibility index (Phi) is 5.97. The van der Waals surface area contributed by atoms with Crippen LogP contribution in [0.3, 0.4) is 0 Å². The lowest BCUT2D eigenvalue weighted by molar-refractivity contribution is -0.138. The molecule has 2 heterocycles. The third-order valence-electron chi connectivity index (χ3n) is 5.81. The van der Waals surface area contributed by atoms with E-state index in [4.69, 9.17) is 0 Å². The van der Waals surface area contributed by atoms with E-state index >= 15 is 0 Å². The summed E-state index contributed by atoms with van der Waals surface area (Å²) in [4.78, 5) is 32.0. The summed E-state index contributed by atoms with van der Waals surface area (Å²) in [6, 6.07) is 8.20. The minimum absolute atomic E-state index is 0.0383. The highest BCUT2D eigenvalue weighted by atomic mass is 16.2. The molecular formula is C21H31N3O2. The third kappa shape index (κ3) is 3.93. The van der Waals surface area contributed by atoms with Gasteiger partial charge in [0.15, 0.2) is 0 Å². The van der Waals surface area contributed by atoms with Crippen LogP contribution in [0.5, 0.6) is 0 Å². The van der Waals surface area contributed by atoms with Crippen molar-refractivity contribution < 1.29 is 9.59 Å². The van der Waals surface area contributed by atoms with E-state index in [1.54, 1.807) is 0 Å². The van der Waals surface area contributed by atoms with E-state index in [9.17, 15) is 9.59 Å². The molecule has 1 fully saturated rings. The highest BCUT2D eigenvalue weighted by Crippen LogP contribution is 2.28. The van der Waals surface area contributed by atoms with Gasteiger partial charge in [0.2, 0.25) is 11.8 Å². The molecular weight excluding hydrogens is 326 g/mol. The summed E-state index contributed by atoms with van der Waals surface area (Å²) in [5, 5.41) is 0. The Balaban J connectivity index is 1.77. The fourth-order valence-corrected chi connectivity index (χ4v) is 3.98. The average Bonchev–Trinajstić information content (AvgIpc) is 2.84. The maximum atomic E-state index is 13.4. The van der Waals surface area contributed by atoms with Gasteiger partial charge in [-0.2, -0.15) is 0 Å². The summed E-state index contributed by atoms with van der Waals surface area (Å²) in [6.07, 6.45) is 2.63. The average molecular weight is 357 g/mol. The molecule has 2 amide bonds. The van der Waals surface area contributed by atoms with Gasteiger partial charge in [-0.3, -0.25) is 9.59 Å². The molecule has 0 aromatic heterocycles. The van der Waals surface area contributed by atoms with Crippen LogP contribution in [0.25, 0.3) is 0 Å². The first-order valence-electron chi connectivity index (χ1n) is 9.87. The molecule has 0 saturated carbocycles. The second kappa shape index (κ2) is 8.21. The van der Waals surface area contributed by atoms with Gasteiger partial charge in [-0.15, -0.1) is 0 Å². The van der Waals surface area contributed by atoms with Crippen molar-refractivity contribution in [3.8, 4) is 0 Å². The van der Waals surface area contributed by atoms with E-state index in [2.05, 4.69) is 24.1 Å². The van der Waals surface area contributed by atoms with Crippen molar-refractivity contribution in [1.29, 1.82) is 0 Å². The molecule has 5 heteroatoms. The van der Waals surface area contributed by atoms with Crippen molar-refractivity contribution >= 4 is 17.5 Å². The molecule has 2 aliphatic heterocycles. The van der Waals surface area contributed by atoms with Gasteiger partial charge < -0.3 is 14.7 Å². The van der Waals surface area contributed by atoms with E-state index in [0.29, 0.717) is 13.1 Å². The molecule has 2 unspecified atom stereocenters. The van der Waals surface area contributed by atoms with Crippen molar-refractivity contribution in [1.82, 2.24) is 9.80 Å². The lowest BCUT2D eigenvalue weighted by Gasteiger charge is -2.36. The van der Waals surface area contributed by atoms with Crippen LogP contribution < -0.4 is 4.90 Å². The Morgan fingerprint density at radius 2 is 1.96 bits per heavy atom. The minimum atomic E-state index is -0.0896. The van der Waals surface area contributed by atoms with Crippen molar-refractivity contribution in [3.63, 3.8) is 0 Å². The molecule has 1 aromatic rings. The highest BCUT2D eigenvalue weighted by Gasteiger charge is 2.34. The smallest absolute Gasteiger partial charge is 0.231 e. The maximum Gasteiger partial charge on any atom is 0.231 e. The Bertz CT molecular complexity index is 660. The Labute approximate surface area is 156 Å². The zero-order chi connectivity index (χ0) is 18.7. The number of hydrogen-bond acceptors (Lipinski definition) is 3. The molecule has 0 spiro atoms. The summed E-state index contributed by atoms with van der Waals surface area (Å²) >= 11 is 0. The van der Waals surface area contributed by atoms with Crippen LogP contribution in [0.1, 0.15) is 38.7 Å². The predicted molar refractivity (Wildman–Crippen MR) is 104 cm³/mol. The van der Waals surface area contributed by atoms with Gasteiger partial charge in [-0.25, -0.2) is 0 Å². The minimum Gasteiger partial charge on any atom is -0.342 e. The number of para-hydroxylation sites is 1. The molecule has 5 nitrogen and oxygen atoms in total. The Morgan fingerprint density at radius 3 is 2.73 bits per heavy atom. The number of hydrogen-bond donors (Lipinski definition) is 0. The molecule has 2 aliphatic rings. The monoisotopic (exact) mass is 357 g/mol. The number of carbonyl (C=O) groups excluding carboxylic acids is 2. The van der Waals surface area contributed by atoms with Gasteiger partial charge in [-0.1, -0.05) is 32.0 Å². The first kappa shape index (κ1) is 18.9. The number of fused-ring (bicyclic) bond motifs is 1. The lowest BCUT2D eigenvalue weighted by atomic mass is 9.94. The summed E-state index contributed by atoms with van der Waals surface area (Å²) < 4.78 is 0. The lowest BCUT2D eigenvalue weighted by Crippen LogP contribution is -2.48. The third-order valence-corrected chi connectivity index (χ3v) is 5.81. The van der Waals surface area contributed by atoms with Crippen LogP contribution in [-0.4, -0.2) is 54.8 Å². The standard InChI is InChI=1S/C21H31N3O2/c1-4-16(2)20(25)23-11-7-9-18(15-23)21(26)24-13-12-22(3)14-17-8-5-6-10-19(17)24/h5-6,8,10,16,18H,4,7,9,11-15H2,1-3H3. The molecule has 142 valence electrons. The van der Waals surface area contributed by atoms with Crippen LogP contribution in [0.2, 0.25) is 0 Å². The second-order valence-electron chi connectivity index (χ2n) is 7.79. The van der Waals surface area contributed by atoms with E-state index in [-0.39, 0.29) is 23.7 Å². The van der Waals surface area contributed by atoms with Crippen LogP contribution in [-0.2, 0) is 16.1 Å². The quantitative estimate of drug-likeness (QED) is 0.835. The zero-order valence-electron chi connectivity index (χ0n) is 16.3. The number of carbonyl (C=O) groups is 2. The van der Waals surface area contributed by atoms with E-state index in [0.717, 1.165) is 44.6 Å². The van der Waals surface area contributed by atoms with Gasteiger partial charge in [0.1, 0.15) is 0 Å². The molecule has 1 saturated heterocycles. The number of likely N-dealkylation sites (N-methyl/N-ethyl adjacent to an activating group) is 1. The Hall–Kier alpha value is -1.88. The van der Waals surface area contributed by atoms with Gasteiger partial charge >= 0.3 is 0 Å². The zero-order valence-corrected chi connectivity index (χ0v) is 16.3. The van der Waals surface area contributed by atoms with Gasteiger partial charge in [0.05, 0.1) is 5.92 Å². The maximum absolute atomic E-state index is 13.4. The normalized spacial score (nSPS) is 22.5. The SMILES string of the molecule is CCC(C)C(=O)N1CCCC(C(=O)N2CCN(C)Cc3ccccc32)C1. The van der Waals surface area contributed by atoms with Gasteiger partial charge in [-0.05, 0) is 37.9 Å². The largest absolute Gasteiger partial charge is 0.342 e. The van der Waals surface area contributed by atoms with Crippen molar-refractivity contribution in [3.05, 3.63) is 29.8 Å². The fraction of sp³-hybridized carbons (Fsp3) is 0.619. The van der Waals surface area contributed by atoms with Gasteiger partial charge in [0.25, 0.3) is 0 Å². The molecule has 0 bridgehead atoms. The summed E-state index contributed by atoms with van der Waals surface area (Å²) in [6.45, 7) is 7.81. The van der Waals surface area contributed by atoms with E-state index in [1.807, 2.05) is 35.8 Å². The molecule has 0 radical (unpaired) electrons. The first-order valence-corrected chi connectivity index (χ1v) is 9.87. The second-order valence-corrected chi connectivity index (χ2v) is 7.79. The summed E-state index contributed by atoms with van der Waals surface area (Å²) in [7, 11) is 2.10. The van der Waals surface area contributed by atoms with Crippen LogP contribution >= 0.6 is 0 Å². The Morgan fingerprint density at radius 1 is 1.19 bits per heavy atom. The van der Waals surface area contributed by atoms with Crippen molar-refractivity contribution in [2.24, 2.45) is 11.8 Å². The number of rotatable bonds is 3. The molecule has 0 N–H and O–H groups in total. The van der Waals surface area contributed by atoms with Crippen molar-refractivity contribution in [2.45, 2.75) is 39.7 Å². The van der Waals surface area contributed by atoms with Crippen LogP contribution in [0.4, 0.5) is 5.69 Å². The molecule has 1 aromatic carbocycles. The number of likely N-dealkylation sites (tertiary alicyclic amines) is 1. The van der Waals surface area contributed by atoms with E-state index < -0.39 is 0 Å². The highest BCUT2D eigenvalue weighted by molar-refractivity contribution is 5.96. The van der Waals surface area contributed by atoms with Crippen LogP contribution in [0, 0.1) is 11.8 Å². The first-order chi connectivity index (χ1) is 12.5. The number of anilines is 1. The van der Waals surface area contributed by atoms with Crippen LogP contribution in [0.15, 0.2) is 24.3 Å². The van der Waals surface area contributed by atoms with Gasteiger partial charge in [0, 0.05) is 44.3 Å².